The van der Waals surface area contributed by atoms with Gasteiger partial charge in [-0.15, -0.1) is 21.5 Å². The molecular weight excluding hydrogens is 352 g/mol. The van der Waals surface area contributed by atoms with E-state index in [1.165, 1.54) is 6.42 Å². The Hall–Kier alpha value is -2.19. The average molecular weight is 376 g/mol. The summed E-state index contributed by atoms with van der Waals surface area (Å²) in [5.74, 6) is 0.775. The zero-order chi connectivity index (χ0) is 18.2. The Morgan fingerprint density at radius 3 is 2.85 bits per heavy atom. The molecule has 3 rings (SSSR count). The van der Waals surface area contributed by atoms with E-state index in [0.717, 1.165) is 40.9 Å². The summed E-state index contributed by atoms with van der Waals surface area (Å²) in [6, 6.07) is 7.11. The van der Waals surface area contributed by atoms with E-state index in [0.29, 0.717) is 19.6 Å². The maximum Gasteiger partial charge on any atom is 0.319 e. The molecule has 0 saturated carbocycles. The summed E-state index contributed by atoms with van der Waals surface area (Å²) < 4.78 is 11.4. The van der Waals surface area contributed by atoms with E-state index in [4.69, 9.17) is 9.47 Å². The minimum atomic E-state index is -0.240. The van der Waals surface area contributed by atoms with Gasteiger partial charge in [0.05, 0.1) is 6.10 Å². The van der Waals surface area contributed by atoms with E-state index in [2.05, 4.69) is 20.8 Å². The number of urea groups is 1. The van der Waals surface area contributed by atoms with E-state index in [9.17, 15) is 4.79 Å². The minimum absolute atomic E-state index is 0.184. The Labute approximate surface area is 157 Å². The number of aryl methyl sites for hydroxylation is 1. The molecule has 8 heteroatoms. The first-order chi connectivity index (χ1) is 12.7. The van der Waals surface area contributed by atoms with E-state index in [1.807, 2.05) is 31.2 Å². The van der Waals surface area contributed by atoms with Crippen LogP contribution in [0.3, 0.4) is 0 Å². The molecule has 2 aromatic rings. The minimum Gasteiger partial charge on any atom is -0.491 e. The second-order valence-electron chi connectivity index (χ2n) is 6.17. The van der Waals surface area contributed by atoms with Crippen molar-refractivity contribution in [2.24, 2.45) is 0 Å². The van der Waals surface area contributed by atoms with Crippen molar-refractivity contribution in [1.29, 1.82) is 0 Å². The maximum atomic E-state index is 11.9. The van der Waals surface area contributed by atoms with Gasteiger partial charge in [-0.3, -0.25) is 0 Å². The van der Waals surface area contributed by atoms with Crippen LogP contribution in [0, 0.1) is 6.92 Å². The molecule has 26 heavy (non-hydrogen) atoms. The lowest BCUT2D eigenvalue weighted by Crippen LogP contribution is -2.30. The van der Waals surface area contributed by atoms with E-state index in [-0.39, 0.29) is 12.1 Å². The third kappa shape index (κ3) is 5.96. The number of carbonyl (C=O) groups is 1. The number of carbonyl (C=O) groups excluding carboxylic acids is 1. The highest BCUT2D eigenvalue weighted by Crippen LogP contribution is 2.18. The van der Waals surface area contributed by atoms with Gasteiger partial charge in [0.2, 0.25) is 0 Å². The van der Waals surface area contributed by atoms with Crippen LogP contribution in [0.1, 0.15) is 29.3 Å². The molecule has 1 aliphatic rings. The summed E-state index contributed by atoms with van der Waals surface area (Å²) in [5.41, 5.74) is 0.718. The largest absolute Gasteiger partial charge is 0.491 e. The first-order valence-electron chi connectivity index (χ1n) is 8.87. The quantitative estimate of drug-likeness (QED) is 0.775. The van der Waals surface area contributed by atoms with Gasteiger partial charge in [0.25, 0.3) is 0 Å². The van der Waals surface area contributed by atoms with Crippen LogP contribution in [-0.2, 0) is 11.2 Å². The normalized spacial score (nSPS) is 16.9. The van der Waals surface area contributed by atoms with Crippen LogP contribution in [0.2, 0.25) is 0 Å². The molecule has 7 nitrogen and oxygen atoms in total. The van der Waals surface area contributed by atoms with Crippen LogP contribution >= 0.6 is 11.3 Å². The topological polar surface area (TPSA) is 85.4 Å². The number of hydrogen-bond donors (Lipinski definition) is 2. The molecule has 1 fully saturated rings. The summed E-state index contributed by atoms with van der Waals surface area (Å²) in [4.78, 5) is 11.9. The fraction of sp³-hybridized carbons (Fsp3) is 0.500. The number of rotatable bonds is 7. The highest BCUT2D eigenvalue weighted by Gasteiger charge is 2.14. The first-order valence-corrected chi connectivity index (χ1v) is 9.69. The summed E-state index contributed by atoms with van der Waals surface area (Å²) >= 11 is 1.54. The number of nitrogens with zero attached hydrogens (tertiary/aromatic N) is 2. The van der Waals surface area contributed by atoms with Crippen molar-refractivity contribution in [2.75, 3.05) is 25.1 Å². The number of amides is 2. The van der Waals surface area contributed by atoms with Crippen LogP contribution in [0.4, 0.5) is 10.5 Å². The third-order valence-corrected chi connectivity index (χ3v) is 4.91. The maximum absolute atomic E-state index is 11.9. The molecule has 1 saturated heterocycles. The molecule has 140 valence electrons. The smallest absolute Gasteiger partial charge is 0.319 e. The molecule has 0 bridgehead atoms. The summed E-state index contributed by atoms with van der Waals surface area (Å²) in [6.45, 7) is 3.82. The summed E-state index contributed by atoms with van der Waals surface area (Å²) in [7, 11) is 0. The van der Waals surface area contributed by atoms with Crippen LogP contribution in [-0.4, -0.2) is 42.1 Å². The van der Waals surface area contributed by atoms with Crippen LogP contribution in [0.5, 0.6) is 5.75 Å². The van der Waals surface area contributed by atoms with Crippen molar-refractivity contribution >= 4 is 23.1 Å². The molecule has 1 aromatic carbocycles. The average Bonchev–Trinajstić information content (AvgIpc) is 3.07. The van der Waals surface area contributed by atoms with Crippen molar-refractivity contribution < 1.29 is 14.3 Å². The second-order valence-corrected chi connectivity index (χ2v) is 7.44. The number of aromatic nitrogens is 2. The predicted molar refractivity (Wildman–Crippen MR) is 101 cm³/mol. The number of benzene rings is 1. The molecular formula is C18H24N4O3S. The molecule has 0 aliphatic carbocycles. The molecule has 1 aliphatic heterocycles. The lowest BCUT2D eigenvalue weighted by Gasteiger charge is -2.22. The lowest BCUT2D eigenvalue weighted by atomic mass is 10.1. The number of ether oxygens (including phenoxy) is 2. The molecule has 0 radical (unpaired) electrons. The van der Waals surface area contributed by atoms with Gasteiger partial charge in [-0.1, -0.05) is 0 Å². The Morgan fingerprint density at radius 1 is 1.31 bits per heavy atom. The Balaban J connectivity index is 1.36. The van der Waals surface area contributed by atoms with Gasteiger partial charge in [-0.05, 0) is 50.5 Å². The SMILES string of the molecule is Cc1nnc(CCNC(=O)Nc2ccc(OC[C@H]3CCCCO3)cc2)s1. The monoisotopic (exact) mass is 376 g/mol. The van der Waals surface area contributed by atoms with Crippen molar-refractivity contribution in [3.05, 3.63) is 34.3 Å². The van der Waals surface area contributed by atoms with Crippen LogP contribution < -0.4 is 15.4 Å². The zero-order valence-electron chi connectivity index (χ0n) is 14.9. The van der Waals surface area contributed by atoms with Crippen LogP contribution in [0.15, 0.2) is 24.3 Å². The van der Waals surface area contributed by atoms with Crippen molar-refractivity contribution in [3.8, 4) is 5.75 Å². The predicted octanol–water partition coefficient (Wildman–Crippen LogP) is 3.16. The van der Waals surface area contributed by atoms with Crippen molar-refractivity contribution in [1.82, 2.24) is 15.5 Å². The zero-order valence-corrected chi connectivity index (χ0v) is 15.7. The van der Waals surface area contributed by atoms with Gasteiger partial charge in [-0.25, -0.2) is 4.79 Å². The number of anilines is 1. The van der Waals surface area contributed by atoms with E-state index >= 15 is 0 Å². The second kappa shape index (κ2) is 9.49. The van der Waals surface area contributed by atoms with Gasteiger partial charge in [0.1, 0.15) is 22.4 Å². The molecule has 2 N–H and O–H groups in total. The number of hydrogen-bond acceptors (Lipinski definition) is 6. The highest BCUT2D eigenvalue weighted by molar-refractivity contribution is 7.11. The molecule has 1 atom stereocenters. The first kappa shape index (κ1) is 18.6. The van der Waals surface area contributed by atoms with E-state index in [1.54, 1.807) is 11.3 Å². The molecule has 1 aromatic heterocycles. The lowest BCUT2D eigenvalue weighted by molar-refractivity contribution is -0.0110. The molecule has 0 spiro atoms. The number of nitrogens with one attached hydrogen (secondary N) is 2. The van der Waals surface area contributed by atoms with Crippen molar-refractivity contribution in [2.45, 2.75) is 38.7 Å². The van der Waals surface area contributed by atoms with Gasteiger partial charge in [0.15, 0.2) is 0 Å². The van der Waals surface area contributed by atoms with Crippen molar-refractivity contribution in [3.63, 3.8) is 0 Å². The highest BCUT2D eigenvalue weighted by atomic mass is 32.1. The fourth-order valence-electron chi connectivity index (χ4n) is 2.66. The van der Waals surface area contributed by atoms with Gasteiger partial charge >= 0.3 is 6.03 Å². The Morgan fingerprint density at radius 2 is 2.15 bits per heavy atom. The standard InChI is InChI=1S/C18H24N4O3S/c1-13-21-22-17(26-13)9-10-19-18(23)20-14-5-7-15(8-6-14)25-12-16-4-2-3-11-24-16/h5-8,16H,2-4,9-12H2,1H3,(H2,19,20,23)/t16-/m1/s1. The van der Waals surface area contributed by atoms with E-state index < -0.39 is 0 Å². The molecule has 2 heterocycles. The van der Waals surface area contributed by atoms with Gasteiger partial charge in [0, 0.05) is 25.3 Å². The third-order valence-electron chi connectivity index (χ3n) is 4.01. The fourth-order valence-corrected chi connectivity index (χ4v) is 3.37. The Kier molecular flexibility index (Phi) is 6.79. The van der Waals surface area contributed by atoms with Gasteiger partial charge in [-0.2, -0.15) is 0 Å². The summed E-state index contributed by atoms with van der Waals surface area (Å²) in [5, 5.41) is 15.5. The molecule has 0 unspecified atom stereocenters. The Bertz CT molecular complexity index is 699. The van der Waals surface area contributed by atoms with Crippen LogP contribution in [0.25, 0.3) is 0 Å². The summed E-state index contributed by atoms with van der Waals surface area (Å²) in [6.07, 6.45) is 4.25. The molecule has 2 amide bonds. The van der Waals surface area contributed by atoms with Gasteiger partial charge < -0.3 is 20.1 Å².